The third-order valence-electron chi connectivity index (χ3n) is 0.969. The fourth-order valence-corrected chi connectivity index (χ4v) is 1.85. The van der Waals surface area contributed by atoms with E-state index in [-0.39, 0.29) is 5.82 Å². The Hall–Kier alpha value is 0.710. The predicted octanol–water partition coefficient (Wildman–Crippen LogP) is 3.48. The highest BCUT2D eigenvalue weighted by molar-refractivity contribution is 14.1. The van der Waals surface area contributed by atoms with Crippen molar-refractivity contribution in [1.29, 1.82) is 0 Å². The SMILES string of the molecule is Fc1cc(S)cc(I)c1Br. The first-order chi connectivity index (χ1) is 4.61. The summed E-state index contributed by atoms with van der Waals surface area (Å²) in [5.74, 6) is -0.267. The zero-order valence-corrected chi connectivity index (χ0v) is 9.37. The van der Waals surface area contributed by atoms with Gasteiger partial charge in [0.2, 0.25) is 0 Å². The highest BCUT2D eigenvalue weighted by Gasteiger charge is 2.03. The molecule has 0 heterocycles. The second kappa shape index (κ2) is 3.40. The fraction of sp³-hybridized carbons (Fsp3) is 0. The van der Waals surface area contributed by atoms with E-state index >= 15 is 0 Å². The summed E-state index contributed by atoms with van der Waals surface area (Å²) in [6, 6.07) is 3.16. The molecule has 0 aliphatic heterocycles. The van der Waals surface area contributed by atoms with Gasteiger partial charge in [-0.3, -0.25) is 0 Å². The summed E-state index contributed by atoms with van der Waals surface area (Å²) >= 11 is 9.14. The average Bonchev–Trinajstić information content (AvgIpc) is 1.82. The summed E-state index contributed by atoms with van der Waals surface area (Å²) in [5.41, 5.74) is 0. The van der Waals surface area contributed by atoms with Gasteiger partial charge in [0, 0.05) is 8.47 Å². The van der Waals surface area contributed by atoms with Crippen LogP contribution in [0.5, 0.6) is 0 Å². The van der Waals surface area contributed by atoms with Crippen LogP contribution in [-0.4, -0.2) is 0 Å². The van der Waals surface area contributed by atoms with E-state index in [1.165, 1.54) is 6.07 Å². The van der Waals surface area contributed by atoms with Crippen LogP contribution in [0.2, 0.25) is 0 Å². The first-order valence-electron chi connectivity index (χ1n) is 2.45. The zero-order valence-electron chi connectivity index (χ0n) is 4.74. The molecule has 54 valence electrons. The molecule has 0 aliphatic rings. The van der Waals surface area contributed by atoms with Crippen LogP contribution in [-0.2, 0) is 0 Å². The zero-order chi connectivity index (χ0) is 7.72. The lowest BCUT2D eigenvalue weighted by molar-refractivity contribution is 0.616. The van der Waals surface area contributed by atoms with Crippen LogP contribution in [0.15, 0.2) is 21.5 Å². The topological polar surface area (TPSA) is 0 Å². The van der Waals surface area contributed by atoms with Gasteiger partial charge in [0.1, 0.15) is 5.82 Å². The lowest BCUT2D eigenvalue weighted by Crippen LogP contribution is -1.81. The Labute approximate surface area is 85.9 Å². The van der Waals surface area contributed by atoms with Crippen molar-refractivity contribution in [1.82, 2.24) is 0 Å². The molecule has 0 atom stereocenters. The van der Waals surface area contributed by atoms with E-state index in [4.69, 9.17) is 0 Å². The average molecular weight is 333 g/mol. The molecule has 0 aliphatic carbocycles. The van der Waals surface area contributed by atoms with Gasteiger partial charge in [0.05, 0.1) is 4.47 Å². The number of hydrogen-bond acceptors (Lipinski definition) is 1. The second-order valence-electron chi connectivity index (χ2n) is 1.72. The van der Waals surface area contributed by atoms with Gasteiger partial charge in [-0.15, -0.1) is 12.6 Å². The van der Waals surface area contributed by atoms with Gasteiger partial charge < -0.3 is 0 Å². The quantitative estimate of drug-likeness (QED) is 0.420. The molecule has 1 aromatic carbocycles. The van der Waals surface area contributed by atoms with Crippen LogP contribution in [0.3, 0.4) is 0 Å². The number of benzene rings is 1. The van der Waals surface area contributed by atoms with Crippen LogP contribution in [0.25, 0.3) is 0 Å². The van der Waals surface area contributed by atoms with Gasteiger partial charge in [-0.2, -0.15) is 0 Å². The minimum Gasteiger partial charge on any atom is -0.206 e. The molecular weight excluding hydrogens is 330 g/mol. The van der Waals surface area contributed by atoms with Gasteiger partial charge in [0.15, 0.2) is 0 Å². The van der Waals surface area contributed by atoms with E-state index in [0.29, 0.717) is 9.37 Å². The van der Waals surface area contributed by atoms with Crippen molar-refractivity contribution in [2.45, 2.75) is 4.90 Å². The first kappa shape index (κ1) is 8.80. The first-order valence-corrected chi connectivity index (χ1v) is 4.76. The summed E-state index contributed by atoms with van der Waals surface area (Å²) in [6.07, 6.45) is 0. The highest BCUT2D eigenvalue weighted by Crippen LogP contribution is 2.25. The third kappa shape index (κ3) is 1.85. The smallest absolute Gasteiger partial charge is 0.139 e. The van der Waals surface area contributed by atoms with Crippen molar-refractivity contribution < 1.29 is 4.39 Å². The lowest BCUT2D eigenvalue weighted by atomic mass is 10.3. The van der Waals surface area contributed by atoms with Crippen molar-refractivity contribution in [3.63, 3.8) is 0 Å². The molecule has 0 N–H and O–H groups in total. The molecule has 10 heavy (non-hydrogen) atoms. The summed E-state index contributed by atoms with van der Waals surface area (Å²) in [6.45, 7) is 0. The van der Waals surface area contributed by atoms with E-state index in [1.54, 1.807) is 6.07 Å². The largest absolute Gasteiger partial charge is 0.206 e. The molecule has 0 fully saturated rings. The lowest BCUT2D eigenvalue weighted by Gasteiger charge is -1.98. The van der Waals surface area contributed by atoms with E-state index < -0.39 is 0 Å². The molecule has 1 rings (SSSR count). The van der Waals surface area contributed by atoms with Gasteiger partial charge in [-0.1, -0.05) is 0 Å². The summed E-state index contributed by atoms with van der Waals surface area (Å²) < 4.78 is 14.1. The molecule has 0 saturated carbocycles. The van der Waals surface area contributed by atoms with Crippen molar-refractivity contribution in [3.05, 3.63) is 26.0 Å². The fourth-order valence-electron chi connectivity index (χ4n) is 0.542. The Morgan fingerprint density at radius 1 is 1.50 bits per heavy atom. The minimum absolute atomic E-state index is 0.267. The van der Waals surface area contributed by atoms with Gasteiger partial charge in [0.25, 0.3) is 0 Å². The van der Waals surface area contributed by atoms with Gasteiger partial charge >= 0.3 is 0 Å². The minimum atomic E-state index is -0.267. The predicted molar refractivity (Wildman–Crippen MR) is 54.1 cm³/mol. The molecule has 0 bridgehead atoms. The molecule has 0 unspecified atom stereocenters. The Balaban J connectivity index is 3.31. The van der Waals surface area contributed by atoms with Crippen molar-refractivity contribution in [2.24, 2.45) is 0 Å². The van der Waals surface area contributed by atoms with Crippen LogP contribution in [0.1, 0.15) is 0 Å². The Morgan fingerprint density at radius 3 is 2.60 bits per heavy atom. The maximum atomic E-state index is 12.7. The van der Waals surface area contributed by atoms with E-state index in [0.717, 1.165) is 3.57 Å². The Bertz CT molecular complexity index is 241. The van der Waals surface area contributed by atoms with Crippen molar-refractivity contribution in [3.8, 4) is 0 Å². The molecule has 0 amide bonds. The van der Waals surface area contributed by atoms with Crippen LogP contribution >= 0.6 is 51.1 Å². The number of thiol groups is 1. The highest BCUT2D eigenvalue weighted by atomic mass is 127. The van der Waals surface area contributed by atoms with E-state index in [1.807, 2.05) is 22.6 Å². The monoisotopic (exact) mass is 332 g/mol. The second-order valence-corrected chi connectivity index (χ2v) is 4.19. The normalized spacial score (nSPS) is 10.0. The maximum absolute atomic E-state index is 12.7. The molecule has 0 spiro atoms. The molecule has 1 aromatic rings. The van der Waals surface area contributed by atoms with Crippen LogP contribution in [0, 0.1) is 9.39 Å². The van der Waals surface area contributed by atoms with Crippen LogP contribution < -0.4 is 0 Å². The molecule has 4 heteroatoms. The standard InChI is InChI=1S/C6H3BrFIS/c7-6-4(8)1-3(10)2-5(6)9/h1-2,10H. The van der Waals surface area contributed by atoms with E-state index in [9.17, 15) is 4.39 Å². The molecule has 0 aromatic heterocycles. The van der Waals surface area contributed by atoms with E-state index in [2.05, 4.69) is 28.6 Å². The van der Waals surface area contributed by atoms with Gasteiger partial charge in [-0.05, 0) is 50.7 Å². The van der Waals surface area contributed by atoms with Crippen LogP contribution in [0.4, 0.5) is 4.39 Å². The van der Waals surface area contributed by atoms with Crippen molar-refractivity contribution >= 4 is 51.1 Å². The summed E-state index contributed by atoms with van der Waals surface area (Å²) in [7, 11) is 0. The number of halogens is 3. The van der Waals surface area contributed by atoms with Crippen molar-refractivity contribution in [2.75, 3.05) is 0 Å². The number of hydrogen-bond donors (Lipinski definition) is 1. The number of rotatable bonds is 0. The summed E-state index contributed by atoms with van der Waals surface area (Å²) in [5, 5.41) is 0. The maximum Gasteiger partial charge on any atom is 0.139 e. The Morgan fingerprint density at radius 2 is 2.10 bits per heavy atom. The molecular formula is C6H3BrFIS. The third-order valence-corrected chi connectivity index (χ3v) is 3.62. The molecule has 0 saturated heterocycles. The summed E-state index contributed by atoms with van der Waals surface area (Å²) in [4.78, 5) is 0.644. The molecule has 0 radical (unpaired) electrons. The van der Waals surface area contributed by atoms with Gasteiger partial charge in [-0.25, -0.2) is 4.39 Å². The molecule has 0 nitrogen and oxygen atoms in total. The Kier molecular flexibility index (Phi) is 3.00.